The minimum Gasteiger partial charge on any atom is -0.506 e. The molecule has 1 fully saturated rings. The van der Waals surface area contributed by atoms with E-state index in [0.717, 1.165) is 17.4 Å². The maximum absolute atomic E-state index is 12.9. The molecule has 7 heteroatoms. The molecular weight excluding hydrogens is 384 g/mol. The second-order valence-corrected chi connectivity index (χ2v) is 7.43. The lowest BCUT2D eigenvalue weighted by atomic mass is 9.85. The third-order valence-corrected chi connectivity index (χ3v) is 5.38. The van der Waals surface area contributed by atoms with Gasteiger partial charge in [-0.2, -0.15) is 0 Å². The summed E-state index contributed by atoms with van der Waals surface area (Å²) in [6.07, 6.45) is 2.42. The highest BCUT2D eigenvalue weighted by molar-refractivity contribution is 6.02. The van der Waals surface area contributed by atoms with Crippen LogP contribution in [0.5, 0.6) is 11.5 Å². The van der Waals surface area contributed by atoms with Gasteiger partial charge < -0.3 is 25.2 Å². The number of piperidine rings is 1. The fraction of sp³-hybridized carbons (Fsp3) is 0.304. The van der Waals surface area contributed by atoms with E-state index in [1.54, 1.807) is 12.0 Å². The third-order valence-electron chi connectivity index (χ3n) is 5.38. The summed E-state index contributed by atoms with van der Waals surface area (Å²) in [6.45, 7) is 4.18. The largest absolute Gasteiger partial charge is 0.506 e. The normalized spacial score (nSPS) is 15.3. The number of phenols is 1. The zero-order valence-corrected chi connectivity index (χ0v) is 16.9. The SMILES string of the molecule is C=CC(=O)Nc1cc(C(=O)N2CCC(O)(Cc3ccccc3OC)CC2)ccc1O. The summed E-state index contributed by atoms with van der Waals surface area (Å²) >= 11 is 0. The number of rotatable bonds is 6. The number of anilines is 1. The highest BCUT2D eigenvalue weighted by atomic mass is 16.5. The number of hydrogen-bond donors (Lipinski definition) is 3. The van der Waals surface area contributed by atoms with Crippen LogP contribution in [0.2, 0.25) is 0 Å². The number of nitrogens with one attached hydrogen (secondary N) is 1. The lowest BCUT2D eigenvalue weighted by Gasteiger charge is -2.38. The van der Waals surface area contributed by atoms with E-state index in [2.05, 4.69) is 11.9 Å². The van der Waals surface area contributed by atoms with Crippen LogP contribution in [0, 0.1) is 0 Å². The van der Waals surface area contributed by atoms with Gasteiger partial charge in [0.1, 0.15) is 11.5 Å². The molecule has 2 aromatic rings. The zero-order chi connectivity index (χ0) is 21.7. The van der Waals surface area contributed by atoms with Crippen LogP contribution in [0.3, 0.4) is 0 Å². The molecule has 158 valence electrons. The monoisotopic (exact) mass is 410 g/mol. The van der Waals surface area contributed by atoms with Crippen molar-refractivity contribution in [2.45, 2.75) is 24.9 Å². The highest BCUT2D eigenvalue weighted by Crippen LogP contribution is 2.31. The summed E-state index contributed by atoms with van der Waals surface area (Å²) < 4.78 is 5.37. The molecule has 2 aromatic carbocycles. The smallest absolute Gasteiger partial charge is 0.253 e. The van der Waals surface area contributed by atoms with Gasteiger partial charge in [-0.15, -0.1) is 0 Å². The average Bonchev–Trinajstić information content (AvgIpc) is 2.75. The first kappa shape index (κ1) is 21.4. The number of aromatic hydroxyl groups is 1. The molecular formula is C23H26N2O5. The summed E-state index contributed by atoms with van der Waals surface area (Å²) in [4.78, 5) is 26.1. The van der Waals surface area contributed by atoms with Crippen molar-refractivity contribution in [2.24, 2.45) is 0 Å². The van der Waals surface area contributed by atoms with E-state index in [4.69, 9.17) is 4.74 Å². The first-order valence-electron chi connectivity index (χ1n) is 9.75. The van der Waals surface area contributed by atoms with Crippen LogP contribution in [0.4, 0.5) is 5.69 Å². The summed E-state index contributed by atoms with van der Waals surface area (Å²) in [6, 6.07) is 11.9. The van der Waals surface area contributed by atoms with Gasteiger partial charge in [-0.05, 0) is 48.7 Å². The molecule has 0 bridgehead atoms. The van der Waals surface area contributed by atoms with E-state index >= 15 is 0 Å². The van der Waals surface area contributed by atoms with Crippen LogP contribution in [0.1, 0.15) is 28.8 Å². The Labute approximate surface area is 175 Å². The van der Waals surface area contributed by atoms with Crippen molar-refractivity contribution in [3.05, 3.63) is 66.2 Å². The van der Waals surface area contributed by atoms with Gasteiger partial charge in [0, 0.05) is 25.1 Å². The first-order valence-corrected chi connectivity index (χ1v) is 9.75. The Hall–Kier alpha value is -3.32. The molecule has 30 heavy (non-hydrogen) atoms. The van der Waals surface area contributed by atoms with Crippen LogP contribution in [0.25, 0.3) is 0 Å². The van der Waals surface area contributed by atoms with Gasteiger partial charge in [0.25, 0.3) is 5.91 Å². The van der Waals surface area contributed by atoms with E-state index in [-0.39, 0.29) is 17.3 Å². The van der Waals surface area contributed by atoms with Crippen molar-refractivity contribution in [3.8, 4) is 11.5 Å². The average molecular weight is 410 g/mol. The number of likely N-dealkylation sites (tertiary alicyclic amines) is 1. The highest BCUT2D eigenvalue weighted by Gasteiger charge is 2.35. The number of carbonyl (C=O) groups is 2. The molecule has 0 spiro atoms. The second kappa shape index (κ2) is 9.00. The minimum atomic E-state index is -0.913. The standard InChI is InChI=1S/C23H26N2O5/c1-3-21(27)24-18-14-16(8-9-19(18)26)22(28)25-12-10-23(29,11-13-25)15-17-6-4-5-7-20(17)30-2/h3-9,14,26,29H,1,10-13,15H2,2H3,(H,24,27). The maximum Gasteiger partial charge on any atom is 0.253 e. The Kier molecular flexibility index (Phi) is 6.42. The van der Waals surface area contributed by atoms with Crippen LogP contribution < -0.4 is 10.1 Å². The van der Waals surface area contributed by atoms with E-state index < -0.39 is 11.5 Å². The molecule has 1 saturated heterocycles. The van der Waals surface area contributed by atoms with Crippen molar-refractivity contribution in [3.63, 3.8) is 0 Å². The Balaban J connectivity index is 1.67. The minimum absolute atomic E-state index is 0.133. The Morgan fingerprint density at radius 2 is 1.93 bits per heavy atom. The van der Waals surface area contributed by atoms with Gasteiger partial charge in [0.2, 0.25) is 5.91 Å². The van der Waals surface area contributed by atoms with Crippen molar-refractivity contribution in [2.75, 3.05) is 25.5 Å². The number of para-hydroxylation sites is 1. The number of hydrogen-bond acceptors (Lipinski definition) is 5. The Bertz CT molecular complexity index is 948. The van der Waals surface area contributed by atoms with E-state index in [9.17, 15) is 19.8 Å². The summed E-state index contributed by atoms with van der Waals surface area (Å²) in [7, 11) is 1.60. The fourth-order valence-electron chi connectivity index (χ4n) is 3.64. The number of carbonyl (C=O) groups excluding carboxylic acids is 2. The predicted octanol–water partition coefficient (Wildman–Crippen LogP) is 2.74. The molecule has 0 atom stereocenters. The lowest BCUT2D eigenvalue weighted by molar-refractivity contribution is -0.111. The first-order chi connectivity index (χ1) is 14.3. The molecule has 0 aromatic heterocycles. The van der Waals surface area contributed by atoms with Gasteiger partial charge in [0.15, 0.2) is 0 Å². The number of amides is 2. The van der Waals surface area contributed by atoms with Crippen molar-refractivity contribution < 1.29 is 24.5 Å². The molecule has 7 nitrogen and oxygen atoms in total. The molecule has 1 aliphatic heterocycles. The third kappa shape index (κ3) is 4.80. The molecule has 3 rings (SSSR count). The summed E-state index contributed by atoms with van der Waals surface area (Å²) in [5.74, 6) is -0.0908. The molecule has 1 heterocycles. The Morgan fingerprint density at radius 1 is 1.23 bits per heavy atom. The number of methoxy groups -OCH3 is 1. The van der Waals surface area contributed by atoms with Crippen LogP contribution in [0.15, 0.2) is 55.1 Å². The summed E-state index contributed by atoms with van der Waals surface area (Å²) in [5, 5.41) is 23.4. The van der Waals surface area contributed by atoms with Gasteiger partial charge in [0.05, 0.1) is 18.4 Å². The molecule has 0 aliphatic carbocycles. The molecule has 0 saturated carbocycles. The number of phenolic OH excluding ortho intramolecular Hbond substituents is 1. The van der Waals surface area contributed by atoms with Gasteiger partial charge in [-0.25, -0.2) is 0 Å². The second-order valence-electron chi connectivity index (χ2n) is 7.43. The Morgan fingerprint density at radius 3 is 2.60 bits per heavy atom. The topological polar surface area (TPSA) is 99.1 Å². The van der Waals surface area contributed by atoms with Crippen LogP contribution in [-0.4, -0.2) is 52.7 Å². The van der Waals surface area contributed by atoms with Gasteiger partial charge >= 0.3 is 0 Å². The summed E-state index contributed by atoms with van der Waals surface area (Å²) in [5.41, 5.74) is 0.518. The van der Waals surface area contributed by atoms with Gasteiger partial charge in [-0.1, -0.05) is 24.8 Å². The maximum atomic E-state index is 12.9. The number of aliphatic hydroxyl groups is 1. The van der Waals surface area contributed by atoms with Gasteiger partial charge in [-0.3, -0.25) is 9.59 Å². The van der Waals surface area contributed by atoms with E-state index in [0.29, 0.717) is 37.9 Å². The van der Waals surface area contributed by atoms with E-state index in [1.165, 1.54) is 18.2 Å². The van der Waals surface area contributed by atoms with Crippen LogP contribution in [-0.2, 0) is 11.2 Å². The lowest BCUT2D eigenvalue weighted by Crippen LogP contribution is -2.47. The number of ether oxygens (including phenoxy) is 1. The molecule has 2 amide bonds. The molecule has 0 radical (unpaired) electrons. The van der Waals surface area contributed by atoms with Crippen molar-refractivity contribution in [1.29, 1.82) is 0 Å². The number of nitrogens with zero attached hydrogens (tertiary/aromatic N) is 1. The number of benzene rings is 2. The van der Waals surface area contributed by atoms with Crippen molar-refractivity contribution >= 4 is 17.5 Å². The quantitative estimate of drug-likeness (QED) is 0.502. The fourth-order valence-corrected chi connectivity index (χ4v) is 3.64. The molecule has 3 N–H and O–H groups in total. The molecule has 0 unspecified atom stereocenters. The molecule has 1 aliphatic rings. The van der Waals surface area contributed by atoms with Crippen molar-refractivity contribution in [1.82, 2.24) is 4.90 Å². The van der Waals surface area contributed by atoms with Crippen LogP contribution >= 0.6 is 0 Å². The van der Waals surface area contributed by atoms with E-state index in [1.807, 2.05) is 24.3 Å². The zero-order valence-electron chi connectivity index (χ0n) is 16.9. The predicted molar refractivity (Wildman–Crippen MR) is 114 cm³/mol.